The van der Waals surface area contributed by atoms with E-state index >= 15 is 0 Å². The molecule has 2 amide bonds. The molecule has 32 heavy (non-hydrogen) atoms. The SMILES string of the molecule is CCNC(=NCc1ccc(NC(=O)NC(C)C)cc1)NCC(C)Oc1ccccc1OC. The molecule has 8 nitrogen and oxygen atoms in total. The molecule has 0 fully saturated rings. The fourth-order valence-electron chi connectivity index (χ4n) is 2.85. The van der Waals surface area contributed by atoms with Gasteiger partial charge in [0.1, 0.15) is 6.10 Å². The quantitative estimate of drug-likeness (QED) is 0.333. The fraction of sp³-hybridized carbons (Fsp3) is 0.417. The normalized spacial score (nSPS) is 12.1. The van der Waals surface area contributed by atoms with Crippen LogP contribution in [-0.4, -0.2) is 44.3 Å². The highest BCUT2D eigenvalue weighted by atomic mass is 16.5. The number of nitrogens with one attached hydrogen (secondary N) is 4. The Labute approximate surface area is 190 Å². The molecule has 174 valence electrons. The third-order valence-corrected chi connectivity index (χ3v) is 4.35. The zero-order chi connectivity index (χ0) is 23.3. The number of urea groups is 1. The van der Waals surface area contributed by atoms with Crippen molar-refractivity contribution in [1.29, 1.82) is 0 Å². The van der Waals surface area contributed by atoms with Crippen molar-refractivity contribution in [3.05, 3.63) is 54.1 Å². The minimum Gasteiger partial charge on any atom is -0.493 e. The largest absolute Gasteiger partial charge is 0.493 e. The highest BCUT2D eigenvalue weighted by Crippen LogP contribution is 2.26. The van der Waals surface area contributed by atoms with Gasteiger partial charge in [-0.05, 0) is 57.5 Å². The molecule has 1 unspecified atom stereocenters. The Hall–Kier alpha value is -3.42. The van der Waals surface area contributed by atoms with Gasteiger partial charge in [-0.3, -0.25) is 0 Å². The van der Waals surface area contributed by atoms with Crippen LogP contribution < -0.4 is 30.7 Å². The lowest BCUT2D eigenvalue weighted by molar-refractivity contribution is 0.213. The van der Waals surface area contributed by atoms with Crippen LogP contribution in [0.1, 0.15) is 33.3 Å². The van der Waals surface area contributed by atoms with Crippen LogP contribution in [0.4, 0.5) is 10.5 Å². The van der Waals surface area contributed by atoms with Gasteiger partial charge < -0.3 is 30.7 Å². The first-order valence-electron chi connectivity index (χ1n) is 10.9. The Kier molecular flexibility index (Phi) is 10.2. The van der Waals surface area contributed by atoms with Gasteiger partial charge in [0.25, 0.3) is 0 Å². The highest BCUT2D eigenvalue weighted by molar-refractivity contribution is 5.89. The Bertz CT molecular complexity index is 868. The van der Waals surface area contributed by atoms with Crippen molar-refractivity contribution >= 4 is 17.7 Å². The number of ether oxygens (including phenoxy) is 2. The van der Waals surface area contributed by atoms with Gasteiger partial charge in [-0.2, -0.15) is 0 Å². The van der Waals surface area contributed by atoms with E-state index < -0.39 is 0 Å². The average molecular weight is 442 g/mol. The standard InChI is InChI=1S/C24H35N5O3/c1-6-25-23(26-15-18(4)32-22-10-8-7-9-21(22)31-5)27-16-19-11-13-20(14-12-19)29-24(30)28-17(2)3/h7-14,17-18H,6,15-16H2,1-5H3,(H2,25,26,27)(H2,28,29,30). The predicted molar refractivity (Wildman–Crippen MR) is 130 cm³/mol. The molecular weight excluding hydrogens is 406 g/mol. The second kappa shape index (κ2) is 13.1. The second-order valence-corrected chi connectivity index (χ2v) is 7.61. The number of rotatable bonds is 10. The van der Waals surface area contributed by atoms with Gasteiger partial charge in [0, 0.05) is 18.3 Å². The number of benzene rings is 2. The molecule has 8 heteroatoms. The molecule has 2 aromatic carbocycles. The number of hydrogen-bond acceptors (Lipinski definition) is 4. The first-order valence-corrected chi connectivity index (χ1v) is 10.9. The fourth-order valence-corrected chi connectivity index (χ4v) is 2.85. The number of carbonyl (C=O) groups excluding carboxylic acids is 1. The van der Waals surface area contributed by atoms with Crippen LogP contribution in [0.25, 0.3) is 0 Å². The minimum atomic E-state index is -0.214. The summed E-state index contributed by atoms with van der Waals surface area (Å²) >= 11 is 0. The zero-order valence-electron chi connectivity index (χ0n) is 19.6. The van der Waals surface area contributed by atoms with Crippen LogP contribution in [0.3, 0.4) is 0 Å². The number of methoxy groups -OCH3 is 1. The van der Waals surface area contributed by atoms with Crippen LogP contribution in [0.15, 0.2) is 53.5 Å². The van der Waals surface area contributed by atoms with E-state index in [9.17, 15) is 4.79 Å². The highest BCUT2D eigenvalue weighted by Gasteiger charge is 2.09. The van der Waals surface area contributed by atoms with Crippen molar-refractivity contribution in [1.82, 2.24) is 16.0 Å². The molecule has 0 heterocycles. The lowest BCUT2D eigenvalue weighted by atomic mass is 10.2. The maximum absolute atomic E-state index is 11.8. The minimum absolute atomic E-state index is 0.0856. The summed E-state index contributed by atoms with van der Waals surface area (Å²) in [5.41, 5.74) is 1.78. The lowest BCUT2D eigenvalue weighted by Gasteiger charge is -2.19. The number of nitrogens with zero attached hydrogens (tertiary/aromatic N) is 1. The summed E-state index contributed by atoms with van der Waals surface area (Å²) < 4.78 is 11.3. The van der Waals surface area contributed by atoms with Gasteiger partial charge in [0.2, 0.25) is 0 Å². The summed E-state index contributed by atoms with van der Waals surface area (Å²) in [6, 6.07) is 15.1. The van der Waals surface area contributed by atoms with Crippen LogP contribution >= 0.6 is 0 Å². The summed E-state index contributed by atoms with van der Waals surface area (Å²) in [6.07, 6.45) is -0.0856. The third-order valence-electron chi connectivity index (χ3n) is 4.35. The molecule has 0 aromatic heterocycles. The summed E-state index contributed by atoms with van der Waals surface area (Å²) in [6.45, 7) is 9.69. The van der Waals surface area contributed by atoms with Gasteiger partial charge in [-0.1, -0.05) is 24.3 Å². The van der Waals surface area contributed by atoms with Gasteiger partial charge >= 0.3 is 6.03 Å². The summed E-state index contributed by atoms with van der Waals surface area (Å²) in [4.78, 5) is 16.4. The number of hydrogen-bond donors (Lipinski definition) is 4. The summed E-state index contributed by atoms with van der Waals surface area (Å²) in [7, 11) is 1.63. The smallest absolute Gasteiger partial charge is 0.319 e. The first kappa shape index (κ1) is 24.8. The molecule has 0 bridgehead atoms. The lowest BCUT2D eigenvalue weighted by Crippen LogP contribution is -2.41. The van der Waals surface area contributed by atoms with Crippen molar-refractivity contribution in [3.63, 3.8) is 0 Å². The zero-order valence-corrected chi connectivity index (χ0v) is 19.6. The summed E-state index contributed by atoms with van der Waals surface area (Å²) in [5.74, 6) is 2.13. The van der Waals surface area contributed by atoms with E-state index in [4.69, 9.17) is 9.47 Å². The molecule has 0 saturated heterocycles. The molecule has 2 rings (SSSR count). The van der Waals surface area contributed by atoms with Gasteiger partial charge in [-0.15, -0.1) is 0 Å². The molecule has 2 aromatic rings. The Morgan fingerprint density at radius 1 is 1.00 bits per heavy atom. The molecule has 0 spiro atoms. The number of anilines is 1. The molecule has 0 aliphatic heterocycles. The number of amides is 2. The van der Waals surface area contributed by atoms with Gasteiger partial charge in [0.05, 0.1) is 20.2 Å². The molecule has 0 saturated carbocycles. The monoisotopic (exact) mass is 441 g/mol. The number of para-hydroxylation sites is 2. The van der Waals surface area contributed by atoms with E-state index in [2.05, 4.69) is 26.3 Å². The van der Waals surface area contributed by atoms with E-state index in [1.807, 2.05) is 76.2 Å². The third kappa shape index (κ3) is 8.75. The van der Waals surface area contributed by atoms with Gasteiger partial charge in [0.15, 0.2) is 17.5 Å². The molecule has 0 aliphatic rings. The van der Waals surface area contributed by atoms with E-state index in [0.717, 1.165) is 17.8 Å². The molecule has 1 atom stereocenters. The summed E-state index contributed by atoms with van der Waals surface area (Å²) in [5, 5.41) is 12.2. The van der Waals surface area contributed by atoms with Crippen LogP contribution in [0.2, 0.25) is 0 Å². The van der Waals surface area contributed by atoms with Gasteiger partial charge in [-0.25, -0.2) is 9.79 Å². The first-order chi connectivity index (χ1) is 15.4. The van der Waals surface area contributed by atoms with E-state index in [1.54, 1.807) is 7.11 Å². The predicted octanol–water partition coefficient (Wildman–Crippen LogP) is 3.75. The number of aliphatic imine (C=N–C) groups is 1. The molecular formula is C24H35N5O3. The Morgan fingerprint density at radius 2 is 1.69 bits per heavy atom. The van der Waals surface area contributed by atoms with E-state index in [0.29, 0.717) is 30.5 Å². The molecule has 0 radical (unpaired) electrons. The maximum atomic E-state index is 11.8. The van der Waals surface area contributed by atoms with Crippen LogP contribution in [-0.2, 0) is 6.54 Å². The molecule has 0 aliphatic carbocycles. The van der Waals surface area contributed by atoms with Crippen molar-refractivity contribution in [2.24, 2.45) is 4.99 Å². The number of guanidine groups is 1. The average Bonchev–Trinajstić information content (AvgIpc) is 2.76. The van der Waals surface area contributed by atoms with Crippen molar-refractivity contribution in [2.45, 2.75) is 46.4 Å². The Morgan fingerprint density at radius 3 is 2.31 bits per heavy atom. The maximum Gasteiger partial charge on any atom is 0.319 e. The van der Waals surface area contributed by atoms with Crippen molar-refractivity contribution in [2.75, 3.05) is 25.5 Å². The van der Waals surface area contributed by atoms with Crippen LogP contribution in [0.5, 0.6) is 11.5 Å². The van der Waals surface area contributed by atoms with E-state index in [1.165, 1.54) is 0 Å². The van der Waals surface area contributed by atoms with Crippen molar-refractivity contribution < 1.29 is 14.3 Å². The topological polar surface area (TPSA) is 96.0 Å². The molecule has 4 N–H and O–H groups in total. The van der Waals surface area contributed by atoms with Crippen LogP contribution in [0, 0.1) is 0 Å². The Balaban J connectivity index is 1.88. The number of carbonyl (C=O) groups is 1. The van der Waals surface area contributed by atoms with E-state index in [-0.39, 0.29) is 18.2 Å². The second-order valence-electron chi connectivity index (χ2n) is 7.61. The van der Waals surface area contributed by atoms with Crippen molar-refractivity contribution in [3.8, 4) is 11.5 Å².